The minimum Gasteiger partial charge on any atom is -0.326 e. The molecule has 0 saturated carbocycles. The summed E-state index contributed by atoms with van der Waals surface area (Å²) in [4.78, 5) is 6.54. The summed E-state index contributed by atoms with van der Waals surface area (Å²) in [5.74, 6) is 1.10. The molecule has 11 heavy (non-hydrogen) atoms. The van der Waals surface area contributed by atoms with Gasteiger partial charge in [0.1, 0.15) is 5.84 Å². The molecule has 2 heteroatoms. The number of fused-ring (bicyclic) bond motifs is 2. The van der Waals surface area contributed by atoms with Crippen molar-refractivity contribution in [3.63, 3.8) is 0 Å². The fraction of sp³-hybridized carbons (Fsp3) is 0.222. The van der Waals surface area contributed by atoms with E-state index in [4.69, 9.17) is 0 Å². The van der Waals surface area contributed by atoms with Crippen LogP contribution in [0, 0.1) is 0 Å². The number of hydrogen-bond acceptors (Lipinski definition) is 2. The smallest absolute Gasteiger partial charge is 0.132 e. The number of amidine groups is 1. The molecule has 0 N–H and O–H groups in total. The van der Waals surface area contributed by atoms with E-state index in [9.17, 15) is 0 Å². The quantitative estimate of drug-likeness (QED) is 0.502. The molecule has 0 atom stereocenters. The Kier molecular flexibility index (Phi) is 0.799. The zero-order valence-electron chi connectivity index (χ0n) is 6.12. The normalized spacial score (nSPS) is 24.7. The lowest BCUT2D eigenvalue weighted by Crippen LogP contribution is -2.28. The second-order valence-electron chi connectivity index (χ2n) is 2.96. The van der Waals surface area contributed by atoms with E-state index in [1.807, 2.05) is 6.20 Å². The maximum absolute atomic E-state index is 4.27. The van der Waals surface area contributed by atoms with Crippen LogP contribution in [0.4, 0.5) is 0 Å². The molecule has 0 radical (unpaired) electrons. The van der Waals surface area contributed by atoms with Crippen LogP contribution in [0.25, 0.3) is 0 Å². The molecule has 2 nitrogen and oxygen atoms in total. The molecule has 0 fully saturated rings. The standard InChI is InChI=1S/C9H8N2/c1-4-10-9-3-2-7-6-8(7)11(9)5-1/h1-4H,5-6H2. The molecular weight excluding hydrogens is 136 g/mol. The molecular formula is C9H8N2. The average Bonchev–Trinajstić information content (AvgIpc) is 2.83. The lowest BCUT2D eigenvalue weighted by molar-refractivity contribution is 0.584. The summed E-state index contributed by atoms with van der Waals surface area (Å²) in [5, 5.41) is 0. The van der Waals surface area contributed by atoms with Crippen LogP contribution in [0.2, 0.25) is 0 Å². The largest absolute Gasteiger partial charge is 0.326 e. The molecule has 1 aliphatic carbocycles. The zero-order valence-corrected chi connectivity index (χ0v) is 6.12. The average molecular weight is 144 g/mol. The number of rotatable bonds is 0. The van der Waals surface area contributed by atoms with Crippen LogP contribution >= 0.6 is 0 Å². The van der Waals surface area contributed by atoms with Crippen LogP contribution in [0.1, 0.15) is 6.42 Å². The SMILES string of the molecule is C1=CN=C2C=CC3=C(C3)N2C1. The van der Waals surface area contributed by atoms with Gasteiger partial charge >= 0.3 is 0 Å². The maximum atomic E-state index is 4.27. The van der Waals surface area contributed by atoms with Crippen molar-refractivity contribution in [2.75, 3.05) is 6.54 Å². The summed E-state index contributed by atoms with van der Waals surface area (Å²) in [6.45, 7) is 1.00. The number of aliphatic imine (C=N–C) groups is 1. The third-order valence-electron chi connectivity index (χ3n) is 2.24. The van der Waals surface area contributed by atoms with E-state index in [1.54, 1.807) is 0 Å². The van der Waals surface area contributed by atoms with E-state index in [2.05, 4.69) is 28.1 Å². The van der Waals surface area contributed by atoms with Crippen molar-refractivity contribution in [3.05, 3.63) is 35.7 Å². The first kappa shape index (κ1) is 5.35. The predicted molar refractivity (Wildman–Crippen MR) is 44.1 cm³/mol. The van der Waals surface area contributed by atoms with Crippen molar-refractivity contribution >= 4 is 5.84 Å². The van der Waals surface area contributed by atoms with E-state index in [1.165, 1.54) is 17.7 Å². The van der Waals surface area contributed by atoms with E-state index < -0.39 is 0 Å². The van der Waals surface area contributed by atoms with Crippen molar-refractivity contribution in [3.8, 4) is 0 Å². The van der Waals surface area contributed by atoms with E-state index in [0.717, 1.165) is 12.4 Å². The first-order valence-electron chi connectivity index (χ1n) is 3.85. The lowest BCUT2D eigenvalue weighted by atomic mass is 10.3. The predicted octanol–water partition coefficient (Wildman–Crippen LogP) is 1.44. The fourth-order valence-corrected chi connectivity index (χ4v) is 1.56. The highest BCUT2D eigenvalue weighted by Crippen LogP contribution is 2.38. The highest BCUT2D eigenvalue weighted by molar-refractivity contribution is 5.98. The lowest BCUT2D eigenvalue weighted by Gasteiger charge is -2.23. The van der Waals surface area contributed by atoms with Gasteiger partial charge in [0.15, 0.2) is 0 Å². The molecule has 0 unspecified atom stereocenters. The van der Waals surface area contributed by atoms with Gasteiger partial charge in [-0.15, -0.1) is 0 Å². The summed E-state index contributed by atoms with van der Waals surface area (Å²) in [6.07, 6.45) is 9.40. The second kappa shape index (κ2) is 1.64. The Bertz CT molecular complexity index is 331. The van der Waals surface area contributed by atoms with E-state index in [0.29, 0.717) is 0 Å². The summed E-state index contributed by atoms with van der Waals surface area (Å²) in [5.41, 5.74) is 2.95. The van der Waals surface area contributed by atoms with E-state index >= 15 is 0 Å². The van der Waals surface area contributed by atoms with Gasteiger partial charge in [-0.1, -0.05) is 6.08 Å². The Labute approximate surface area is 65.2 Å². The fourth-order valence-electron chi connectivity index (χ4n) is 1.56. The molecule has 54 valence electrons. The highest BCUT2D eigenvalue weighted by atomic mass is 15.2. The van der Waals surface area contributed by atoms with Crippen molar-refractivity contribution in [1.29, 1.82) is 0 Å². The van der Waals surface area contributed by atoms with Gasteiger partial charge in [-0.3, -0.25) is 0 Å². The van der Waals surface area contributed by atoms with E-state index in [-0.39, 0.29) is 0 Å². The number of hydrogen-bond donors (Lipinski definition) is 0. The van der Waals surface area contributed by atoms with Crippen LogP contribution in [-0.4, -0.2) is 17.3 Å². The maximum Gasteiger partial charge on any atom is 0.132 e. The molecule has 0 aromatic carbocycles. The zero-order chi connectivity index (χ0) is 7.26. The molecule has 2 aliphatic heterocycles. The molecule has 0 spiro atoms. The molecule has 0 amide bonds. The van der Waals surface area contributed by atoms with Crippen LogP contribution in [0.15, 0.2) is 40.7 Å². The Balaban J connectivity index is 2.08. The minimum absolute atomic E-state index is 1.00. The summed E-state index contributed by atoms with van der Waals surface area (Å²) in [7, 11) is 0. The minimum atomic E-state index is 1.00. The van der Waals surface area contributed by atoms with Crippen LogP contribution in [0.5, 0.6) is 0 Å². The van der Waals surface area contributed by atoms with Crippen LogP contribution in [0.3, 0.4) is 0 Å². The number of nitrogens with zero attached hydrogens (tertiary/aromatic N) is 2. The van der Waals surface area contributed by atoms with Gasteiger partial charge in [-0.25, -0.2) is 4.99 Å². The van der Waals surface area contributed by atoms with Crippen molar-refractivity contribution < 1.29 is 0 Å². The summed E-state index contributed by atoms with van der Waals surface area (Å²) < 4.78 is 0. The topological polar surface area (TPSA) is 15.6 Å². The van der Waals surface area contributed by atoms with Crippen LogP contribution in [-0.2, 0) is 0 Å². The second-order valence-corrected chi connectivity index (χ2v) is 2.96. The van der Waals surface area contributed by atoms with Gasteiger partial charge in [0.05, 0.1) is 0 Å². The Morgan fingerprint density at radius 2 is 2.36 bits per heavy atom. The highest BCUT2D eigenvalue weighted by Gasteiger charge is 2.30. The summed E-state index contributed by atoms with van der Waals surface area (Å²) >= 11 is 0. The van der Waals surface area contributed by atoms with Crippen molar-refractivity contribution in [1.82, 2.24) is 4.90 Å². The Hall–Kier alpha value is -1.31. The van der Waals surface area contributed by atoms with Gasteiger partial charge in [-0.2, -0.15) is 0 Å². The summed E-state index contributed by atoms with van der Waals surface area (Å²) in [6, 6.07) is 0. The van der Waals surface area contributed by atoms with Gasteiger partial charge in [0.25, 0.3) is 0 Å². The monoisotopic (exact) mass is 144 g/mol. The Morgan fingerprint density at radius 1 is 1.36 bits per heavy atom. The molecule has 0 aromatic rings. The third kappa shape index (κ3) is 0.638. The van der Waals surface area contributed by atoms with Crippen LogP contribution < -0.4 is 0 Å². The van der Waals surface area contributed by atoms with Gasteiger partial charge < -0.3 is 4.90 Å². The molecule has 3 rings (SSSR count). The van der Waals surface area contributed by atoms with Gasteiger partial charge in [0, 0.05) is 24.9 Å². The molecule has 0 bridgehead atoms. The van der Waals surface area contributed by atoms with Crippen molar-refractivity contribution in [2.45, 2.75) is 6.42 Å². The molecule has 0 saturated heterocycles. The van der Waals surface area contributed by atoms with Crippen molar-refractivity contribution in [2.24, 2.45) is 4.99 Å². The molecule has 3 aliphatic rings. The molecule has 0 aromatic heterocycles. The third-order valence-corrected chi connectivity index (χ3v) is 2.24. The Morgan fingerprint density at radius 3 is 3.36 bits per heavy atom. The first-order chi connectivity index (χ1) is 5.45. The van der Waals surface area contributed by atoms with Gasteiger partial charge in [-0.05, 0) is 17.7 Å². The number of allylic oxidation sites excluding steroid dienone is 3. The van der Waals surface area contributed by atoms with Gasteiger partial charge in [0.2, 0.25) is 0 Å². The molecule has 2 heterocycles. The first-order valence-corrected chi connectivity index (χ1v) is 3.85.